The molecule has 0 spiro atoms. The zero-order valence-corrected chi connectivity index (χ0v) is 11.9. The molecule has 0 saturated carbocycles. The first kappa shape index (κ1) is 14.7. The molecule has 0 unspecified atom stereocenters. The van der Waals surface area contributed by atoms with Crippen LogP contribution in [0.2, 0.25) is 0 Å². The number of hydrogen-bond donors (Lipinski definition) is 1. The topological polar surface area (TPSA) is 86.1 Å². The van der Waals surface area contributed by atoms with Gasteiger partial charge in [-0.2, -0.15) is 0 Å². The molecule has 0 radical (unpaired) electrons. The van der Waals surface area contributed by atoms with Crippen LogP contribution in [0.15, 0.2) is 30.3 Å². The molecular weight excluding hydrogens is 272 g/mol. The fraction of sp³-hybridized carbons (Fsp3) is 0.286. The van der Waals surface area contributed by atoms with Crippen LogP contribution in [0, 0.1) is 0 Å². The minimum absolute atomic E-state index is 0.0353. The summed E-state index contributed by atoms with van der Waals surface area (Å²) in [6.07, 6.45) is 0. The van der Waals surface area contributed by atoms with Crippen LogP contribution in [0.4, 0.5) is 0 Å². The third kappa shape index (κ3) is 3.25. The van der Waals surface area contributed by atoms with E-state index in [1.807, 2.05) is 30.3 Å². The molecule has 0 aliphatic heterocycles. The average Bonchev–Trinajstić information content (AvgIpc) is 2.91. The van der Waals surface area contributed by atoms with Crippen LogP contribution < -0.4 is 5.32 Å². The first-order valence-electron chi connectivity index (χ1n) is 6.54. The number of hydrogen-bond acceptors (Lipinski definition) is 5. The number of carbonyl (C=O) groups is 2. The van der Waals surface area contributed by atoms with Crippen LogP contribution in [-0.4, -0.2) is 40.5 Å². The van der Waals surface area contributed by atoms with Gasteiger partial charge in [-0.25, -0.2) is 9.48 Å². The Bertz CT molecular complexity index is 637. The second-order valence-electron chi connectivity index (χ2n) is 4.23. The van der Waals surface area contributed by atoms with Gasteiger partial charge in [0, 0.05) is 7.05 Å². The van der Waals surface area contributed by atoms with Crippen molar-refractivity contribution in [3.8, 4) is 0 Å². The third-order valence-corrected chi connectivity index (χ3v) is 2.82. The first-order chi connectivity index (χ1) is 10.2. The van der Waals surface area contributed by atoms with Crippen molar-refractivity contribution in [1.29, 1.82) is 0 Å². The Morgan fingerprint density at radius 2 is 2.00 bits per heavy atom. The quantitative estimate of drug-likeness (QED) is 0.825. The average molecular weight is 288 g/mol. The van der Waals surface area contributed by atoms with E-state index in [1.165, 1.54) is 11.7 Å². The van der Waals surface area contributed by atoms with Crippen molar-refractivity contribution < 1.29 is 14.3 Å². The van der Waals surface area contributed by atoms with Crippen molar-refractivity contribution in [2.45, 2.75) is 13.5 Å². The lowest BCUT2D eigenvalue weighted by atomic mass is 10.2. The Morgan fingerprint density at radius 3 is 2.62 bits per heavy atom. The number of carbonyl (C=O) groups excluding carboxylic acids is 2. The molecule has 1 aromatic carbocycles. The van der Waals surface area contributed by atoms with E-state index >= 15 is 0 Å². The summed E-state index contributed by atoms with van der Waals surface area (Å²) in [6.45, 7) is 2.24. The molecule has 1 aromatic heterocycles. The standard InChI is InChI=1S/C14H16N4O3/c1-3-21-14(20)12-11(13(19)15-2)16-17-18(12)9-10-7-5-4-6-8-10/h4-8H,3,9H2,1-2H3,(H,15,19). The van der Waals surface area contributed by atoms with Gasteiger partial charge in [0.15, 0.2) is 11.4 Å². The number of amides is 1. The first-order valence-corrected chi connectivity index (χ1v) is 6.54. The van der Waals surface area contributed by atoms with Crippen molar-refractivity contribution in [3.63, 3.8) is 0 Å². The monoisotopic (exact) mass is 288 g/mol. The van der Waals surface area contributed by atoms with Crippen LogP contribution in [0.3, 0.4) is 0 Å². The van der Waals surface area contributed by atoms with E-state index < -0.39 is 11.9 Å². The van der Waals surface area contributed by atoms with Crippen LogP contribution in [0.1, 0.15) is 33.5 Å². The molecule has 2 rings (SSSR count). The van der Waals surface area contributed by atoms with Gasteiger partial charge in [-0.15, -0.1) is 5.10 Å². The Hall–Kier alpha value is -2.70. The van der Waals surface area contributed by atoms with Crippen LogP contribution in [-0.2, 0) is 11.3 Å². The van der Waals surface area contributed by atoms with E-state index in [9.17, 15) is 9.59 Å². The molecule has 0 saturated heterocycles. The van der Waals surface area contributed by atoms with Crippen molar-refractivity contribution >= 4 is 11.9 Å². The second kappa shape index (κ2) is 6.65. The van der Waals surface area contributed by atoms with Gasteiger partial charge in [0.2, 0.25) is 0 Å². The number of ether oxygens (including phenoxy) is 1. The largest absolute Gasteiger partial charge is 0.461 e. The highest BCUT2D eigenvalue weighted by Crippen LogP contribution is 2.11. The van der Waals surface area contributed by atoms with Gasteiger partial charge >= 0.3 is 5.97 Å². The van der Waals surface area contributed by atoms with E-state index in [-0.39, 0.29) is 18.0 Å². The van der Waals surface area contributed by atoms with E-state index in [4.69, 9.17) is 4.74 Å². The summed E-state index contributed by atoms with van der Waals surface area (Å²) in [6, 6.07) is 9.46. The molecule has 0 aliphatic rings. The summed E-state index contributed by atoms with van der Waals surface area (Å²) in [5.41, 5.74) is 0.961. The zero-order chi connectivity index (χ0) is 15.2. The molecule has 0 bridgehead atoms. The smallest absolute Gasteiger partial charge is 0.359 e. The predicted octanol–water partition coefficient (Wildman–Crippen LogP) is 0.863. The lowest BCUT2D eigenvalue weighted by Crippen LogP contribution is -2.23. The number of benzene rings is 1. The minimum Gasteiger partial charge on any atom is -0.461 e. The fourth-order valence-electron chi connectivity index (χ4n) is 1.85. The lowest BCUT2D eigenvalue weighted by Gasteiger charge is -2.07. The molecule has 1 heterocycles. The Balaban J connectivity index is 2.39. The number of nitrogens with zero attached hydrogens (tertiary/aromatic N) is 3. The van der Waals surface area contributed by atoms with Crippen molar-refractivity contribution in [1.82, 2.24) is 20.3 Å². The van der Waals surface area contributed by atoms with Gasteiger partial charge < -0.3 is 10.1 Å². The normalized spacial score (nSPS) is 10.2. The van der Waals surface area contributed by atoms with Gasteiger partial charge in [0.05, 0.1) is 13.2 Å². The number of nitrogens with one attached hydrogen (secondary N) is 1. The van der Waals surface area contributed by atoms with Crippen LogP contribution in [0.5, 0.6) is 0 Å². The molecule has 0 atom stereocenters. The number of rotatable bonds is 5. The third-order valence-electron chi connectivity index (χ3n) is 2.82. The maximum absolute atomic E-state index is 12.1. The highest BCUT2D eigenvalue weighted by atomic mass is 16.5. The summed E-state index contributed by atoms with van der Waals surface area (Å²) >= 11 is 0. The molecule has 1 N–H and O–H groups in total. The lowest BCUT2D eigenvalue weighted by molar-refractivity contribution is 0.0509. The molecule has 1 amide bonds. The number of esters is 1. The molecule has 7 nitrogen and oxygen atoms in total. The summed E-state index contributed by atoms with van der Waals surface area (Å²) in [5, 5.41) is 10.1. The van der Waals surface area contributed by atoms with Crippen molar-refractivity contribution in [2.75, 3.05) is 13.7 Å². The molecular formula is C14H16N4O3. The van der Waals surface area contributed by atoms with E-state index in [0.717, 1.165) is 5.56 Å². The summed E-state index contributed by atoms with van der Waals surface area (Å²) < 4.78 is 6.35. The summed E-state index contributed by atoms with van der Waals surface area (Å²) in [7, 11) is 1.47. The van der Waals surface area contributed by atoms with Crippen LogP contribution in [0.25, 0.3) is 0 Å². The van der Waals surface area contributed by atoms with Crippen molar-refractivity contribution in [3.05, 3.63) is 47.3 Å². The second-order valence-corrected chi connectivity index (χ2v) is 4.23. The fourth-order valence-corrected chi connectivity index (χ4v) is 1.85. The number of aromatic nitrogens is 3. The van der Waals surface area contributed by atoms with Gasteiger partial charge in [-0.1, -0.05) is 35.5 Å². The molecule has 7 heteroatoms. The Kier molecular flexibility index (Phi) is 4.65. The van der Waals surface area contributed by atoms with Gasteiger partial charge in [0.25, 0.3) is 5.91 Å². The van der Waals surface area contributed by atoms with Gasteiger partial charge in [-0.3, -0.25) is 4.79 Å². The van der Waals surface area contributed by atoms with Crippen LogP contribution >= 0.6 is 0 Å². The highest BCUT2D eigenvalue weighted by molar-refractivity contribution is 6.02. The Morgan fingerprint density at radius 1 is 1.29 bits per heavy atom. The highest BCUT2D eigenvalue weighted by Gasteiger charge is 2.25. The summed E-state index contributed by atoms with van der Waals surface area (Å²) in [4.78, 5) is 23.8. The molecule has 110 valence electrons. The summed E-state index contributed by atoms with van der Waals surface area (Å²) in [5.74, 6) is -1.09. The van der Waals surface area contributed by atoms with Crippen molar-refractivity contribution in [2.24, 2.45) is 0 Å². The molecule has 21 heavy (non-hydrogen) atoms. The Labute approximate surface area is 121 Å². The molecule has 2 aromatic rings. The zero-order valence-electron chi connectivity index (χ0n) is 11.9. The van der Waals surface area contributed by atoms with E-state index in [1.54, 1.807) is 6.92 Å². The SMILES string of the molecule is CCOC(=O)c1c(C(=O)NC)nnn1Cc1ccccc1. The maximum Gasteiger partial charge on any atom is 0.359 e. The molecule has 0 aliphatic carbocycles. The van der Waals surface area contributed by atoms with E-state index in [0.29, 0.717) is 6.54 Å². The predicted molar refractivity (Wildman–Crippen MR) is 74.9 cm³/mol. The van der Waals surface area contributed by atoms with Gasteiger partial charge in [0.1, 0.15) is 0 Å². The van der Waals surface area contributed by atoms with E-state index in [2.05, 4.69) is 15.6 Å². The minimum atomic E-state index is -0.614. The van der Waals surface area contributed by atoms with Gasteiger partial charge in [-0.05, 0) is 12.5 Å². The maximum atomic E-state index is 12.1. The molecule has 0 fully saturated rings.